The van der Waals surface area contributed by atoms with Gasteiger partial charge in [0.15, 0.2) is 0 Å². The highest BCUT2D eigenvalue weighted by Gasteiger charge is 2.15. The second-order valence-corrected chi connectivity index (χ2v) is 5.25. The van der Waals surface area contributed by atoms with Gasteiger partial charge >= 0.3 is 0 Å². The molecule has 0 radical (unpaired) electrons. The summed E-state index contributed by atoms with van der Waals surface area (Å²) in [5, 5.41) is 3.10. The molecule has 0 aromatic heterocycles. The predicted molar refractivity (Wildman–Crippen MR) is 74.5 cm³/mol. The molecule has 1 fully saturated rings. The van der Waals surface area contributed by atoms with Gasteiger partial charge in [-0.05, 0) is 12.1 Å². The van der Waals surface area contributed by atoms with E-state index in [1.54, 1.807) is 6.07 Å². The van der Waals surface area contributed by atoms with Crippen molar-refractivity contribution in [1.82, 2.24) is 5.32 Å². The summed E-state index contributed by atoms with van der Waals surface area (Å²) in [6.45, 7) is 4.92. The lowest BCUT2D eigenvalue weighted by molar-refractivity contribution is -0.906. The van der Waals surface area contributed by atoms with E-state index in [9.17, 15) is 9.18 Å². The maximum absolute atomic E-state index is 13.5. The van der Waals surface area contributed by atoms with Crippen LogP contribution in [0, 0.1) is 5.82 Å². The van der Waals surface area contributed by atoms with Crippen molar-refractivity contribution in [3.05, 3.63) is 34.6 Å². The van der Waals surface area contributed by atoms with Crippen molar-refractivity contribution in [3.63, 3.8) is 0 Å². The van der Waals surface area contributed by atoms with Gasteiger partial charge in [0.2, 0.25) is 5.91 Å². The fourth-order valence-electron chi connectivity index (χ4n) is 2.21. The highest BCUT2D eigenvalue weighted by atomic mass is 35.5. The number of rotatable bonds is 5. The number of quaternary nitrogens is 1. The van der Waals surface area contributed by atoms with E-state index in [2.05, 4.69) is 5.32 Å². The summed E-state index contributed by atoms with van der Waals surface area (Å²) in [5.74, 6) is -0.642. The van der Waals surface area contributed by atoms with Gasteiger partial charge in [-0.15, -0.1) is 0 Å². The molecule has 0 atom stereocenters. The molecule has 0 saturated carbocycles. The van der Waals surface area contributed by atoms with Gasteiger partial charge in [0.05, 0.1) is 32.7 Å². The Kier molecular flexibility index (Phi) is 5.76. The summed E-state index contributed by atoms with van der Waals surface area (Å²) in [6.07, 6.45) is -0.0239. The molecule has 4 nitrogen and oxygen atoms in total. The van der Waals surface area contributed by atoms with Gasteiger partial charge in [-0.3, -0.25) is 4.79 Å². The standard InChI is InChI=1S/C14H18ClFN2O2/c15-12-2-1-3-13(16)11(12)10-14(19)17-4-5-18-6-8-20-9-7-18/h1-3H,4-10H2,(H,17,19)/p+1. The first-order valence-corrected chi connectivity index (χ1v) is 7.15. The molecule has 1 amide bonds. The molecule has 6 heteroatoms. The fourth-order valence-corrected chi connectivity index (χ4v) is 2.44. The first kappa shape index (κ1) is 15.2. The zero-order valence-corrected chi connectivity index (χ0v) is 12.0. The van der Waals surface area contributed by atoms with Crippen LogP contribution in [0.15, 0.2) is 18.2 Å². The van der Waals surface area contributed by atoms with Crippen molar-refractivity contribution in [2.45, 2.75) is 6.42 Å². The van der Waals surface area contributed by atoms with Crippen molar-refractivity contribution in [1.29, 1.82) is 0 Å². The molecule has 1 saturated heterocycles. The molecule has 2 N–H and O–H groups in total. The molecule has 2 rings (SSSR count). The maximum Gasteiger partial charge on any atom is 0.224 e. The number of carbonyl (C=O) groups is 1. The zero-order valence-electron chi connectivity index (χ0n) is 11.3. The summed E-state index contributed by atoms with van der Waals surface area (Å²) < 4.78 is 18.8. The van der Waals surface area contributed by atoms with Gasteiger partial charge in [0, 0.05) is 10.6 Å². The summed E-state index contributed by atoms with van der Waals surface area (Å²) in [5.41, 5.74) is 0.255. The predicted octanol–water partition coefficient (Wildman–Crippen LogP) is 0.0529. The van der Waals surface area contributed by atoms with Crippen molar-refractivity contribution in [2.75, 3.05) is 39.4 Å². The minimum atomic E-state index is -0.438. The third-order valence-electron chi connectivity index (χ3n) is 3.40. The molecule has 1 aromatic carbocycles. The van der Waals surface area contributed by atoms with Gasteiger partial charge in [-0.1, -0.05) is 17.7 Å². The minimum absolute atomic E-state index is 0.0239. The fraction of sp³-hybridized carbons (Fsp3) is 0.500. The van der Waals surface area contributed by atoms with E-state index in [0.29, 0.717) is 11.6 Å². The Morgan fingerprint density at radius 2 is 2.15 bits per heavy atom. The Morgan fingerprint density at radius 3 is 2.85 bits per heavy atom. The topological polar surface area (TPSA) is 42.8 Å². The number of morpholine rings is 1. The van der Waals surface area contributed by atoms with Crippen LogP contribution in [0.4, 0.5) is 4.39 Å². The Balaban J connectivity index is 1.75. The van der Waals surface area contributed by atoms with Crippen molar-refractivity contribution >= 4 is 17.5 Å². The molecule has 20 heavy (non-hydrogen) atoms. The van der Waals surface area contributed by atoms with Gasteiger partial charge < -0.3 is 15.0 Å². The van der Waals surface area contributed by atoms with E-state index in [1.807, 2.05) is 0 Å². The second-order valence-electron chi connectivity index (χ2n) is 4.84. The van der Waals surface area contributed by atoms with Crippen molar-refractivity contribution < 1.29 is 18.8 Å². The molecule has 1 aliphatic rings. The quantitative estimate of drug-likeness (QED) is 0.807. The first-order chi connectivity index (χ1) is 9.66. The number of ether oxygens (including phenoxy) is 1. The molecule has 0 bridgehead atoms. The molecule has 0 aliphatic carbocycles. The third kappa shape index (κ3) is 4.44. The lowest BCUT2D eigenvalue weighted by Gasteiger charge is -2.23. The number of nitrogens with one attached hydrogen (secondary N) is 2. The van der Waals surface area contributed by atoms with Crippen molar-refractivity contribution in [2.24, 2.45) is 0 Å². The number of halogens is 2. The summed E-state index contributed by atoms with van der Waals surface area (Å²) in [7, 11) is 0. The van der Waals surface area contributed by atoms with Crippen LogP contribution in [-0.2, 0) is 16.0 Å². The molecule has 0 spiro atoms. The SMILES string of the molecule is O=C(Cc1c(F)cccc1Cl)NCC[NH+]1CCOCC1. The number of hydrogen-bond donors (Lipinski definition) is 2. The maximum atomic E-state index is 13.5. The van der Waals surface area contributed by atoms with Crippen molar-refractivity contribution in [3.8, 4) is 0 Å². The van der Waals surface area contributed by atoms with E-state index in [-0.39, 0.29) is 17.9 Å². The molecule has 0 unspecified atom stereocenters. The summed E-state index contributed by atoms with van der Waals surface area (Å²) in [6, 6.07) is 4.43. The average Bonchev–Trinajstić information content (AvgIpc) is 2.44. The van der Waals surface area contributed by atoms with Gasteiger partial charge in [-0.2, -0.15) is 0 Å². The van der Waals surface area contributed by atoms with Crippen LogP contribution in [0.25, 0.3) is 0 Å². The largest absolute Gasteiger partial charge is 0.370 e. The van der Waals surface area contributed by atoms with E-state index in [1.165, 1.54) is 17.0 Å². The molecule has 1 aromatic rings. The Labute approximate surface area is 122 Å². The lowest BCUT2D eigenvalue weighted by Crippen LogP contribution is -3.14. The molecular formula is C14H19ClFN2O2+. The van der Waals surface area contributed by atoms with Gasteiger partial charge in [0.1, 0.15) is 18.9 Å². The zero-order chi connectivity index (χ0) is 14.4. The highest BCUT2D eigenvalue weighted by molar-refractivity contribution is 6.31. The monoisotopic (exact) mass is 301 g/mol. The minimum Gasteiger partial charge on any atom is -0.370 e. The van der Waals surface area contributed by atoms with E-state index >= 15 is 0 Å². The number of hydrogen-bond acceptors (Lipinski definition) is 2. The van der Waals surface area contributed by atoms with Crippen LogP contribution in [0.2, 0.25) is 5.02 Å². The molecule has 110 valence electrons. The third-order valence-corrected chi connectivity index (χ3v) is 3.75. The van der Waals surface area contributed by atoms with Gasteiger partial charge in [0.25, 0.3) is 0 Å². The van der Waals surface area contributed by atoms with E-state index in [4.69, 9.17) is 16.3 Å². The number of benzene rings is 1. The van der Waals surface area contributed by atoms with Gasteiger partial charge in [-0.25, -0.2) is 4.39 Å². The molecule has 1 heterocycles. The average molecular weight is 302 g/mol. The Hall–Kier alpha value is -1.17. The van der Waals surface area contributed by atoms with Crippen LogP contribution in [0.5, 0.6) is 0 Å². The Bertz CT molecular complexity index is 444. The summed E-state index contributed by atoms with van der Waals surface area (Å²) in [4.78, 5) is 13.2. The number of amides is 1. The van der Waals surface area contributed by atoms with Crippen LogP contribution >= 0.6 is 11.6 Å². The van der Waals surface area contributed by atoms with Crippen LogP contribution in [-0.4, -0.2) is 45.3 Å². The number of carbonyl (C=O) groups excluding carboxylic acids is 1. The molecule has 1 aliphatic heterocycles. The highest BCUT2D eigenvalue weighted by Crippen LogP contribution is 2.19. The van der Waals surface area contributed by atoms with Crippen LogP contribution < -0.4 is 10.2 Å². The smallest absolute Gasteiger partial charge is 0.224 e. The second kappa shape index (κ2) is 7.57. The first-order valence-electron chi connectivity index (χ1n) is 6.77. The molecular weight excluding hydrogens is 283 g/mol. The van der Waals surface area contributed by atoms with E-state index in [0.717, 1.165) is 32.8 Å². The van der Waals surface area contributed by atoms with Crippen LogP contribution in [0.3, 0.4) is 0 Å². The lowest BCUT2D eigenvalue weighted by atomic mass is 10.1. The van der Waals surface area contributed by atoms with Crippen LogP contribution in [0.1, 0.15) is 5.56 Å². The Morgan fingerprint density at radius 1 is 1.40 bits per heavy atom. The summed E-state index contributed by atoms with van der Waals surface area (Å²) >= 11 is 5.89. The normalized spacial score (nSPS) is 16.1. The van der Waals surface area contributed by atoms with E-state index < -0.39 is 5.82 Å².